The first-order valence-corrected chi connectivity index (χ1v) is 6.42. The average molecular weight is 261 g/mol. The number of rotatable bonds is 3. The van der Waals surface area contributed by atoms with Gasteiger partial charge in [-0.05, 0) is 43.5 Å². The largest absolute Gasteiger partial charge is 0.371 e. The number of nitrogens with one attached hydrogen (secondary N) is 2. The fourth-order valence-electron chi connectivity index (χ4n) is 2.37. The molecule has 102 valence electrons. The Bertz CT molecular complexity index is 540. The van der Waals surface area contributed by atoms with Gasteiger partial charge in [-0.3, -0.25) is 9.59 Å². The molecule has 1 aliphatic rings. The van der Waals surface area contributed by atoms with E-state index in [1.165, 1.54) is 0 Å². The molecule has 4 N–H and O–H groups in total. The van der Waals surface area contributed by atoms with Crippen molar-refractivity contribution < 1.29 is 9.59 Å². The average Bonchev–Trinajstić information content (AvgIpc) is 2.33. The number of carbonyl (C=O) groups is 2. The summed E-state index contributed by atoms with van der Waals surface area (Å²) >= 11 is 0. The molecule has 0 saturated carbocycles. The van der Waals surface area contributed by atoms with Crippen LogP contribution in [0.15, 0.2) is 12.1 Å². The number of primary amides is 1. The quantitative estimate of drug-likeness (QED) is 0.771. The van der Waals surface area contributed by atoms with E-state index in [0.29, 0.717) is 6.42 Å². The summed E-state index contributed by atoms with van der Waals surface area (Å²) in [4.78, 5) is 23.5. The highest BCUT2D eigenvalue weighted by Crippen LogP contribution is 2.31. The molecule has 1 aromatic carbocycles. The van der Waals surface area contributed by atoms with Gasteiger partial charge in [0.2, 0.25) is 11.8 Å². The number of hydrogen-bond acceptors (Lipinski definition) is 3. The lowest BCUT2D eigenvalue weighted by atomic mass is 9.93. The molecule has 1 aliphatic heterocycles. The number of hydrogen-bond donors (Lipinski definition) is 3. The van der Waals surface area contributed by atoms with E-state index in [1.807, 2.05) is 32.9 Å². The summed E-state index contributed by atoms with van der Waals surface area (Å²) in [5, 5.41) is 5.97. The number of amides is 2. The van der Waals surface area contributed by atoms with Crippen molar-refractivity contribution in [2.45, 2.75) is 33.2 Å². The summed E-state index contributed by atoms with van der Waals surface area (Å²) in [6.45, 7) is 5.85. The number of aryl methyl sites for hydroxylation is 2. The highest BCUT2D eigenvalue weighted by Gasteiger charge is 2.34. The maximum atomic E-state index is 12.1. The minimum Gasteiger partial charge on any atom is -0.371 e. The van der Waals surface area contributed by atoms with E-state index in [9.17, 15) is 9.59 Å². The topological polar surface area (TPSA) is 84.2 Å². The molecule has 19 heavy (non-hydrogen) atoms. The van der Waals surface area contributed by atoms with Crippen molar-refractivity contribution in [3.05, 3.63) is 23.3 Å². The molecule has 1 heterocycles. The highest BCUT2D eigenvalue weighted by molar-refractivity contribution is 6.05. The lowest BCUT2D eigenvalue weighted by Gasteiger charge is -2.31. The second-order valence-corrected chi connectivity index (χ2v) is 5.01. The van der Waals surface area contributed by atoms with Gasteiger partial charge >= 0.3 is 0 Å². The van der Waals surface area contributed by atoms with Crippen molar-refractivity contribution in [3.8, 4) is 0 Å². The molecule has 2 rings (SSSR count). The molecule has 2 amide bonds. The van der Waals surface area contributed by atoms with Crippen LogP contribution in [0, 0.1) is 19.8 Å². The molecule has 5 heteroatoms. The van der Waals surface area contributed by atoms with Crippen LogP contribution in [0.2, 0.25) is 0 Å². The minimum atomic E-state index is -0.600. The number of fused-ring (bicyclic) bond motifs is 1. The second-order valence-electron chi connectivity index (χ2n) is 5.01. The third-order valence-corrected chi connectivity index (χ3v) is 3.69. The molecular formula is C14H19N3O2. The van der Waals surface area contributed by atoms with Gasteiger partial charge in [0.05, 0.1) is 17.3 Å². The zero-order valence-electron chi connectivity index (χ0n) is 11.4. The monoisotopic (exact) mass is 261 g/mol. The SMILES string of the molecule is CCC(C(N)=O)C1Nc2cc(C)c(C)cc2NC1=O. The van der Waals surface area contributed by atoms with Crippen LogP contribution in [0.5, 0.6) is 0 Å². The van der Waals surface area contributed by atoms with Crippen LogP contribution in [0.1, 0.15) is 24.5 Å². The summed E-state index contributed by atoms with van der Waals surface area (Å²) in [6, 6.07) is 3.30. The summed E-state index contributed by atoms with van der Waals surface area (Å²) < 4.78 is 0. The Hall–Kier alpha value is -2.04. The maximum Gasteiger partial charge on any atom is 0.247 e. The first-order chi connectivity index (χ1) is 8.93. The number of nitrogens with two attached hydrogens (primary N) is 1. The van der Waals surface area contributed by atoms with E-state index in [4.69, 9.17) is 5.73 Å². The van der Waals surface area contributed by atoms with Gasteiger partial charge < -0.3 is 16.4 Å². The molecule has 0 radical (unpaired) electrons. The van der Waals surface area contributed by atoms with Crippen molar-refractivity contribution in [1.82, 2.24) is 0 Å². The smallest absolute Gasteiger partial charge is 0.247 e. The molecule has 2 atom stereocenters. The Kier molecular flexibility index (Phi) is 3.46. The number of benzene rings is 1. The predicted octanol–water partition coefficient (Wildman–Crippen LogP) is 1.55. The van der Waals surface area contributed by atoms with Crippen molar-refractivity contribution in [2.24, 2.45) is 11.7 Å². The van der Waals surface area contributed by atoms with E-state index in [2.05, 4.69) is 10.6 Å². The summed E-state index contributed by atoms with van der Waals surface area (Å²) in [6.07, 6.45) is 0.528. The Morgan fingerprint density at radius 1 is 1.32 bits per heavy atom. The Balaban J connectivity index is 2.35. The van der Waals surface area contributed by atoms with Gasteiger partial charge in [0.25, 0.3) is 0 Å². The van der Waals surface area contributed by atoms with Gasteiger partial charge in [-0.1, -0.05) is 6.92 Å². The first kappa shape index (κ1) is 13.4. The van der Waals surface area contributed by atoms with Crippen LogP contribution >= 0.6 is 0 Å². The molecule has 0 spiro atoms. The van der Waals surface area contributed by atoms with Crippen LogP contribution in [-0.2, 0) is 9.59 Å². The van der Waals surface area contributed by atoms with Gasteiger partial charge in [0.15, 0.2) is 0 Å². The van der Waals surface area contributed by atoms with E-state index >= 15 is 0 Å². The van der Waals surface area contributed by atoms with Crippen molar-refractivity contribution in [3.63, 3.8) is 0 Å². The summed E-state index contributed by atoms with van der Waals surface area (Å²) in [7, 11) is 0. The molecule has 0 aliphatic carbocycles. The van der Waals surface area contributed by atoms with E-state index < -0.39 is 17.9 Å². The molecule has 1 aromatic rings. The highest BCUT2D eigenvalue weighted by atomic mass is 16.2. The standard InChI is InChI=1S/C14H19N3O2/c1-4-9(13(15)18)12-14(19)17-11-6-8(3)7(2)5-10(11)16-12/h5-6,9,12,16H,4H2,1-3H3,(H2,15,18)(H,17,19). The van der Waals surface area contributed by atoms with Gasteiger partial charge in [-0.25, -0.2) is 0 Å². The molecular weight excluding hydrogens is 242 g/mol. The maximum absolute atomic E-state index is 12.1. The number of carbonyl (C=O) groups excluding carboxylic acids is 2. The normalized spacial score (nSPS) is 19.1. The lowest BCUT2D eigenvalue weighted by molar-refractivity contribution is -0.127. The third kappa shape index (κ3) is 2.41. The third-order valence-electron chi connectivity index (χ3n) is 3.69. The second kappa shape index (κ2) is 4.91. The van der Waals surface area contributed by atoms with Crippen LogP contribution in [-0.4, -0.2) is 17.9 Å². The number of anilines is 2. The Morgan fingerprint density at radius 3 is 2.42 bits per heavy atom. The van der Waals surface area contributed by atoms with E-state index in [0.717, 1.165) is 22.5 Å². The van der Waals surface area contributed by atoms with Gasteiger partial charge in [0.1, 0.15) is 6.04 Å². The van der Waals surface area contributed by atoms with Crippen molar-refractivity contribution in [1.29, 1.82) is 0 Å². The van der Waals surface area contributed by atoms with Crippen LogP contribution < -0.4 is 16.4 Å². The minimum absolute atomic E-state index is 0.207. The van der Waals surface area contributed by atoms with E-state index in [1.54, 1.807) is 0 Å². The molecule has 0 bridgehead atoms. The molecule has 5 nitrogen and oxygen atoms in total. The van der Waals surface area contributed by atoms with Crippen molar-refractivity contribution >= 4 is 23.2 Å². The Labute approximate surface area is 112 Å². The molecule has 2 unspecified atom stereocenters. The lowest BCUT2D eigenvalue weighted by Crippen LogP contribution is -2.48. The Morgan fingerprint density at radius 2 is 1.89 bits per heavy atom. The summed E-state index contributed by atoms with van der Waals surface area (Å²) in [5.41, 5.74) is 9.19. The molecule has 0 fully saturated rings. The zero-order chi connectivity index (χ0) is 14.2. The van der Waals surface area contributed by atoms with Crippen molar-refractivity contribution in [2.75, 3.05) is 10.6 Å². The molecule has 0 saturated heterocycles. The first-order valence-electron chi connectivity index (χ1n) is 6.42. The van der Waals surface area contributed by atoms with Gasteiger partial charge in [-0.2, -0.15) is 0 Å². The zero-order valence-corrected chi connectivity index (χ0v) is 11.4. The predicted molar refractivity (Wildman–Crippen MR) is 74.9 cm³/mol. The summed E-state index contributed by atoms with van der Waals surface area (Å²) in [5.74, 6) is -1.17. The fourth-order valence-corrected chi connectivity index (χ4v) is 2.37. The van der Waals surface area contributed by atoms with E-state index in [-0.39, 0.29) is 5.91 Å². The van der Waals surface area contributed by atoms with Crippen LogP contribution in [0.3, 0.4) is 0 Å². The fraction of sp³-hybridized carbons (Fsp3) is 0.429. The van der Waals surface area contributed by atoms with Crippen LogP contribution in [0.25, 0.3) is 0 Å². The van der Waals surface area contributed by atoms with Gasteiger partial charge in [0, 0.05) is 0 Å². The molecule has 0 aromatic heterocycles. The van der Waals surface area contributed by atoms with Gasteiger partial charge in [-0.15, -0.1) is 0 Å². The van der Waals surface area contributed by atoms with Crippen LogP contribution in [0.4, 0.5) is 11.4 Å².